The van der Waals surface area contributed by atoms with Gasteiger partial charge in [-0.3, -0.25) is 4.79 Å². The molecule has 1 aromatic heterocycles. The largest absolute Gasteiger partial charge is 0.359 e. The molecule has 0 fully saturated rings. The lowest BCUT2D eigenvalue weighted by atomic mass is 10.3. The predicted molar refractivity (Wildman–Crippen MR) is 65.6 cm³/mol. The van der Waals surface area contributed by atoms with E-state index in [1.54, 1.807) is 25.1 Å². The zero-order valence-corrected chi connectivity index (χ0v) is 10.4. The van der Waals surface area contributed by atoms with Crippen molar-refractivity contribution in [3.8, 4) is 0 Å². The van der Waals surface area contributed by atoms with E-state index in [0.29, 0.717) is 11.0 Å². The molecular formula is C11H16ClN3O. The van der Waals surface area contributed by atoms with Gasteiger partial charge in [0.05, 0.1) is 0 Å². The third kappa shape index (κ3) is 4.06. The molecule has 1 aromatic rings. The normalized spacial score (nSPS) is 12.3. The summed E-state index contributed by atoms with van der Waals surface area (Å²) in [6, 6.07) is 5.03. The van der Waals surface area contributed by atoms with E-state index in [1.165, 1.54) is 0 Å². The van der Waals surface area contributed by atoms with Crippen molar-refractivity contribution in [3.05, 3.63) is 23.4 Å². The van der Waals surface area contributed by atoms with Gasteiger partial charge in [-0.05, 0) is 32.9 Å². The van der Waals surface area contributed by atoms with E-state index < -0.39 is 0 Å². The van der Waals surface area contributed by atoms with Crippen LogP contribution >= 0.6 is 11.6 Å². The van der Waals surface area contributed by atoms with Crippen LogP contribution in [0, 0.1) is 0 Å². The van der Waals surface area contributed by atoms with Crippen LogP contribution in [0.1, 0.15) is 20.8 Å². The van der Waals surface area contributed by atoms with Gasteiger partial charge in [0, 0.05) is 6.04 Å². The Hall–Kier alpha value is -1.29. The van der Waals surface area contributed by atoms with Crippen LogP contribution in [-0.2, 0) is 4.79 Å². The van der Waals surface area contributed by atoms with Gasteiger partial charge in [0.15, 0.2) is 0 Å². The summed E-state index contributed by atoms with van der Waals surface area (Å²) in [6.45, 7) is 5.62. The molecule has 0 saturated carbocycles. The maximum absolute atomic E-state index is 11.6. The second kappa shape index (κ2) is 5.70. The lowest BCUT2D eigenvalue weighted by Crippen LogP contribution is -2.41. The SMILES string of the molecule is CC(C)NC(=O)C(C)Nc1cccc(Cl)n1. The monoisotopic (exact) mass is 241 g/mol. The van der Waals surface area contributed by atoms with Crippen molar-refractivity contribution < 1.29 is 4.79 Å². The minimum Gasteiger partial charge on any atom is -0.359 e. The van der Waals surface area contributed by atoms with Crippen LogP contribution in [-0.4, -0.2) is 23.0 Å². The Morgan fingerprint density at radius 1 is 1.38 bits per heavy atom. The molecule has 1 unspecified atom stereocenters. The van der Waals surface area contributed by atoms with E-state index >= 15 is 0 Å². The Bertz CT molecular complexity index is 368. The van der Waals surface area contributed by atoms with Crippen LogP contribution in [0.25, 0.3) is 0 Å². The molecule has 88 valence electrons. The summed E-state index contributed by atoms with van der Waals surface area (Å²) in [6.07, 6.45) is 0. The molecule has 0 aromatic carbocycles. The van der Waals surface area contributed by atoms with Crippen molar-refractivity contribution in [2.45, 2.75) is 32.9 Å². The fraction of sp³-hybridized carbons (Fsp3) is 0.455. The Morgan fingerprint density at radius 2 is 2.06 bits per heavy atom. The Kier molecular flexibility index (Phi) is 4.55. The highest BCUT2D eigenvalue weighted by atomic mass is 35.5. The van der Waals surface area contributed by atoms with E-state index in [2.05, 4.69) is 15.6 Å². The van der Waals surface area contributed by atoms with E-state index in [9.17, 15) is 4.79 Å². The molecule has 1 atom stereocenters. The summed E-state index contributed by atoms with van der Waals surface area (Å²) in [7, 11) is 0. The number of anilines is 1. The van der Waals surface area contributed by atoms with Crippen molar-refractivity contribution in [2.75, 3.05) is 5.32 Å². The smallest absolute Gasteiger partial charge is 0.242 e. The lowest BCUT2D eigenvalue weighted by Gasteiger charge is -2.16. The molecule has 0 saturated heterocycles. The van der Waals surface area contributed by atoms with Crippen LogP contribution in [0.4, 0.5) is 5.82 Å². The molecule has 1 rings (SSSR count). The number of nitrogens with zero attached hydrogens (tertiary/aromatic N) is 1. The van der Waals surface area contributed by atoms with Gasteiger partial charge >= 0.3 is 0 Å². The number of halogens is 1. The summed E-state index contributed by atoms with van der Waals surface area (Å²) >= 11 is 5.74. The first-order valence-corrected chi connectivity index (χ1v) is 5.56. The van der Waals surface area contributed by atoms with Crippen molar-refractivity contribution in [2.24, 2.45) is 0 Å². The Morgan fingerprint density at radius 3 is 2.62 bits per heavy atom. The van der Waals surface area contributed by atoms with Crippen LogP contribution in [0.2, 0.25) is 5.15 Å². The van der Waals surface area contributed by atoms with Crippen molar-refractivity contribution in [1.82, 2.24) is 10.3 Å². The molecular weight excluding hydrogens is 226 g/mol. The summed E-state index contributed by atoms with van der Waals surface area (Å²) in [5, 5.41) is 6.20. The van der Waals surface area contributed by atoms with Crippen LogP contribution in [0.5, 0.6) is 0 Å². The van der Waals surface area contributed by atoms with Crippen LogP contribution in [0.15, 0.2) is 18.2 Å². The van der Waals surface area contributed by atoms with Crippen molar-refractivity contribution >= 4 is 23.3 Å². The number of hydrogen-bond donors (Lipinski definition) is 2. The van der Waals surface area contributed by atoms with Crippen LogP contribution < -0.4 is 10.6 Å². The first-order valence-electron chi connectivity index (χ1n) is 5.18. The van der Waals surface area contributed by atoms with E-state index in [0.717, 1.165) is 0 Å². The first-order chi connectivity index (χ1) is 7.49. The fourth-order valence-corrected chi connectivity index (χ4v) is 1.35. The average molecular weight is 242 g/mol. The fourth-order valence-electron chi connectivity index (χ4n) is 1.19. The third-order valence-electron chi connectivity index (χ3n) is 1.90. The molecule has 0 aliphatic rings. The van der Waals surface area contributed by atoms with E-state index in [-0.39, 0.29) is 18.0 Å². The highest BCUT2D eigenvalue weighted by Gasteiger charge is 2.13. The topological polar surface area (TPSA) is 54.0 Å². The van der Waals surface area contributed by atoms with E-state index in [4.69, 9.17) is 11.6 Å². The minimum absolute atomic E-state index is 0.0585. The number of amides is 1. The number of aromatic nitrogens is 1. The highest BCUT2D eigenvalue weighted by Crippen LogP contribution is 2.10. The molecule has 0 radical (unpaired) electrons. The minimum atomic E-state index is -0.339. The third-order valence-corrected chi connectivity index (χ3v) is 2.11. The number of carbonyl (C=O) groups is 1. The summed E-state index contributed by atoms with van der Waals surface area (Å²) in [5.41, 5.74) is 0. The molecule has 1 amide bonds. The highest BCUT2D eigenvalue weighted by molar-refractivity contribution is 6.29. The number of carbonyl (C=O) groups excluding carboxylic acids is 1. The number of hydrogen-bond acceptors (Lipinski definition) is 3. The van der Waals surface area contributed by atoms with Gasteiger partial charge in [0.2, 0.25) is 5.91 Å². The maximum Gasteiger partial charge on any atom is 0.242 e. The second-order valence-electron chi connectivity index (χ2n) is 3.87. The zero-order valence-electron chi connectivity index (χ0n) is 9.62. The number of nitrogens with one attached hydrogen (secondary N) is 2. The van der Waals surface area contributed by atoms with Crippen molar-refractivity contribution in [3.63, 3.8) is 0 Å². The summed E-state index contributed by atoms with van der Waals surface area (Å²) in [4.78, 5) is 15.7. The predicted octanol–water partition coefficient (Wildman–Crippen LogP) is 2.06. The molecule has 2 N–H and O–H groups in total. The molecule has 0 spiro atoms. The summed E-state index contributed by atoms with van der Waals surface area (Å²) < 4.78 is 0. The van der Waals surface area contributed by atoms with Gasteiger partial charge < -0.3 is 10.6 Å². The van der Waals surface area contributed by atoms with Gasteiger partial charge in [-0.2, -0.15) is 0 Å². The Labute approximate surface area is 100 Å². The van der Waals surface area contributed by atoms with Crippen molar-refractivity contribution in [1.29, 1.82) is 0 Å². The molecule has 0 aliphatic carbocycles. The van der Waals surface area contributed by atoms with Gasteiger partial charge in [0.1, 0.15) is 17.0 Å². The second-order valence-corrected chi connectivity index (χ2v) is 4.26. The summed E-state index contributed by atoms with van der Waals surface area (Å²) in [5.74, 6) is 0.538. The number of rotatable bonds is 4. The maximum atomic E-state index is 11.6. The van der Waals surface area contributed by atoms with E-state index in [1.807, 2.05) is 13.8 Å². The number of pyridine rings is 1. The Balaban J connectivity index is 2.57. The van der Waals surface area contributed by atoms with Gasteiger partial charge in [-0.1, -0.05) is 17.7 Å². The quantitative estimate of drug-likeness (QED) is 0.794. The molecule has 4 nitrogen and oxygen atoms in total. The van der Waals surface area contributed by atoms with Crippen LogP contribution in [0.3, 0.4) is 0 Å². The molecule has 16 heavy (non-hydrogen) atoms. The molecule has 5 heteroatoms. The van der Waals surface area contributed by atoms with Gasteiger partial charge in [-0.15, -0.1) is 0 Å². The molecule has 1 heterocycles. The lowest BCUT2D eigenvalue weighted by molar-refractivity contribution is -0.122. The average Bonchev–Trinajstić information content (AvgIpc) is 2.16. The van der Waals surface area contributed by atoms with Gasteiger partial charge in [-0.25, -0.2) is 4.98 Å². The zero-order chi connectivity index (χ0) is 12.1. The van der Waals surface area contributed by atoms with Gasteiger partial charge in [0.25, 0.3) is 0 Å². The standard InChI is InChI=1S/C11H16ClN3O/c1-7(2)13-11(16)8(3)14-10-6-4-5-9(12)15-10/h4-8H,1-3H3,(H,13,16)(H,14,15). The molecule has 0 aliphatic heterocycles. The first kappa shape index (κ1) is 12.8. The molecule has 0 bridgehead atoms.